The molecule has 1 aliphatic heterocycles. The minimum absolute atomic E-state index is 0.409. The molecule has 0 aromatic carbocycles. The van der Waals surface area contributed by atoms with Crippen LogP contribution in [-0.2, 0) is 6.54 Å². The van der Waals surface area contributed by atoms with Crippen LogP contribution in [0.4, 0.5) is 0 Å². The molecule has 1 spiro atoms. The molecule has 1 saturated carbocycles. The Morgan fingerprint density at radius 3 is 2.86 bits per heavy atom. The molecule has 2 fully saturated rings. The van der Waals surface area contributed by atoms with Crippen molar-refractivity contribution in [3.8, 4) is 0 Å². The average molecular weight is 371 g/mol. The molecule has 0 amide bonds. The zero-order valence-corrected chi connectivity index (χ0v) is 15.4. The predicted octanol–water partition coefficient (Wildman–Crippen LogP) is 4.79. The Hall–Kier alpha value is 0.100. The standard InChI is InChI=1S/C17H27BrN2S/c1-2-6-14-11-19-17(8-4-3-5-9-17)13-20(14)12-16-15(18)7-10-21-16/h7,10,14,19H,2-6,8-9,11-13H2,1H3. The number of nitrogens with one attached hydrogen (secondary N) is 1. The molecule has 118 valence electrons. The maximum atomic E-state index is 3.94. The highest BCUT2D eigenvalue weighted by molar-refractivity contribution is 9.10. The van der Waals surface area contributed by atoms with Crippen molar-refractivity contribution in [1.29, 1.82) is 0 Å². The van der Waals surface area contributed by atoms with Crippen molar-refractivity contribution < 1.29 is 0 Å². The van der Waals surface area contributed by atoms with Crippen LogP contribution >= 0.6 is 27.3 Å². The van der Waals surface area contributed by atoms with E-state index >= 15 is 0 Å². The van der Waals surface area contributed by atoms with Gasteiger partial charge in [0, 0.05) is 40.6 Å². The first-order valence-corrected chi connectivity index (χ1v) is 10.1. The Balaban J connectivity index is 1.73. The number of nitrogens with zero attached hydrogens (tertiary/aromatic N) is 1. The molecule has 0 radical (unpaired) electrons. The zero-order valence-electron chi connectivity index (χ0n) is 13.0. The van der Waals surface area contributed by atoms with E-state index in [9.17, 15) is 0 Å². The Bertz CT molecular complexity index is 453. The van der Waals surface area contributed by atoms with E-state index in [1.54, 1.807) is 0 Å². The van der Waals surface area contributed by atoms with E-state index in [1.807, 2.05) is 11.3 Å². The number of rotatable bonds is 4. The summed E-state index contributed by atoms with van der Waals surface area (Å²) in [5, 5.41) is 6.14. The van der Waals surface area contributed by atoms with Crippen LogP contribution in [0.5, 0.6) is 0 Å². The summed E-state index contributed by atoms with van der Waals surface area (Å²) < 4.78 is 1.29. The molecule has 1 aromatic heterocycles. The summed E-state index contributed by atoms with van der Waals surface area (Å²) >= 11 is 5.60. The average Bonchev–Trinajstić information content (AvgIpc) is 2.89. The summed E-state index contributed by atoms with van der Waals surface area (Å²) in [7, 11) is 0. The number of thiophene rings is 1. The molecule has 2 aliphatic rings. The molecular weight excluding hydrogens is 344 g/mol. The van der Waals surface area contributed by atoms with Crippen LogP contribution in [0.25, 0.3) is 0 Å². The van der Waals surface area contributed by atoms with E-state index < -0.39 is 0 Å². The summed E-state index contributed by atoms with van der Waals surface area (Å²) in [6, 6.07) is 2.89. The van der Waals surface area contributed by atoms with E-state index in [0.29, 0.717) is 11.6 Å². The largest absolute Gasteiger partial charge is 0.308 e. The fourth-order valence-electron chi connectivity index (χ4n) is 4.03. The second-order valence-corrected chi connectivity index (χ2v) is 8.62. The fraction of sp³-hybridized carbons (Fsp3) is 0.765. The fourth-order valence-corrected chi connectivity index (χ4v) is 5.53. The number of halogens is 1. The summed E-state index contributed by atoms with van der Waals surface area (Å²) in [6.07, 6.45) is 9.57. The molecular formula is C17H27BrN2S. The molecule has 21 heavy (non-hydrogen) atoms. The van der Waals surface area contributed by atoms with Gasteiger partial charge in [-0.25, -0.2) is 0 Å². The van der Waals surface area contributed by atoms with E-state index in [1.165, 1.54) is 67.4 Å². The quantitative estimate of drug-likeness (QED) is 0.819. The normalized spacial score (nSPS) is 26.3. The van der Waals surface area contributed by atoms with Crippen molar-refractivity contribution in [3.05, 3.63) is 20.8 Å². The highest BCUT2D eigenvalue weighted by atomic mass is 79.9. The minimum atomic E-state index is 0.409. The van der Waals surface area contributed by atoms with Crippen LogP contribution in [-0.4, -0.2) is 29.6 Å². The van der Waals surface area contributed by atoms with Gasteiger partial charge in [-0.2, -0.15) is 0 Å². The van der Waals surface area contributed by atoms with Crippen molar-refractivity contribution >= 4 is 27.3 Å². The first kappa shape index (κ1) is 16.0. The van der Waals surface area contributed by atoms with Gasteiger partial charge in [-0.05, 0) is 46.6 Å². The van der Waals surface area contributed by atoms with Crippen molar-refractivity contribution in [2.45, 2.75) is 70.0 Å². The van der Waals surface area contributed by atoms with Gasteiger partial charge in [0.15, 0.2) is 0 Å². The third-order valence-electron chi connectivity index (χ3n) is 5.21. The predicted molar refractivity (Wildman–Crippen MR) is 94.9 cm³/mol. The topological polar surface area (TPSA) is 15.3 Å². The Labute approximate surface area is 141 Å². The van der Waals surface area contributed by atoms with Gasteiger partial charge in [0.25, 0.3) is 0 Å². The highest BCUT2D eigenvalue weighted by Gasteiger charge is 2.39. The van der Waals surface area contributed by atoms with E-state index in [4.69, 9.17) is 0 Å². The number of piperazine rings is 1. The highest BCUT2D eigenvalue weighted by Crippen LogP contribution is 2.34. The van der Waals surface area contributed by atoms with E-state index in [-0.39, 0.29) is 0 Å². The number of hydrogen-bond donors (Lipinski definition) is 1. The van der Waals surface area contributed by atoms with Crippen molar-refractivity contribution in [1.82, 2.24) is 10.2 Å². The van der Waals surface area contributed by atoms with Gasteiger partial charge in [0.05, 0.1) is 0 Å². The first-order chi connectivity index (χ1) is 10.2. The second-order valence-electron chi connectivity index (χ2n) is 6.76. The van der Waals surface area contributed by atoms with Gasteiger partial charge in [0.2, 0.25) is 0 Å². The zero-order chi connectivity index (χ0) is 14.7. The third-order valence-corrected chi connectivity index (χ3v) is 7.12. The van der Waals surface area contributed by atoms with Crippen LogP contribution in [0.1, 0.15) is 56.7 Å². The minimum Gasteiger partial charge on any atom is -0.308 e. The SMILES string of the molecule is CCCC1CNC2(CCCCC2)CN1Cc1sccc1Br. The summed E-state index contributed by atoms with van der Waals surface area (Å²) in [5.74, 6) is 0. The molecule has 3 rings (SSSR count). The molecule has 0 bridgehead atoms. The molecule has 1 unspecified atom stereocenters. The Kier molecular flexibility index (Phi) is 5.41. The van der Waals surface area contributed by atoms with E-state index in [0.717, 1.165) is 6.54 Å². The molecule has 1 aliphatic carbocycles. The monoisotopic (exact) mass is 370 g/mol. The van der Waals surface area contributed by atoms with Gasteiger partial charge in [-0.3, -0.25) is 4.90 Å². The third kappa shape index (κ3) is 3.72. The van der Waals surface area contributed by atoms with Crippen LogP contribution in [0.2, 0.25) is 0 Å². The van der Waals surface area contributed by atoms with Crippen LogP contribution in [0.3, 0.4) is 0 Å². The van der Waals surface area contributed by atoms with Gasteiger partial charge in [-0.1, -0.05) is 32.6 Å². The Morgan fingerprint density at radius 2 is 2.19 bits per heavy atom. The lowest BCUT2D eigenvalue weighted by molar-refractivity contribution is 0.0467. The number of hydrogen-bond acceptors (Lipinski definition) is 3. The maximum Gasteiger partial charge on any atom is 0.0343 e. The lowest BCUT2D eigenvalue weighted by Gasteiger charge is -2.50. The second kappa shape index (κ2) is 7.12. The van der Waals surface area contributed by atoms with Gasteiger partial charge >= 0.3 is 0 Å². The molecule has 2 nitrogen and oxygen atoms in total. The summed E-state index contributed by atoms with van der Waals surface area (Å²) in [6.45, 7) is 5.84. The smallest absolute Gasteiger partial charge is 0.0343 e. The van der Waals surface area contributed by atoms with Gasteiger partial charge in [0.1, 0.15) is 0 Å². The molecule has 1 N–H and O–H groups in total. The van der Waals surface area contributed by atoms with E-state index in [2.05, 4.69) is 44.5 Å². The summed E-state index contributed by atoms with van der Waals surface area (Å²) in [4.78, 5) is 4.26. The van der Waals surface area contributed by atoms with Crippen LogP contribution in [0.15, 0.2) is 15.9 Å². The van der Waals surface area contributed by atoms with Crippen LogP contribution in [0, 0.1) is 0 Å². The van der Waals surface area contributed by atoms with Gasteiger partial charge in [-0.15, -0.1) is 11.3 Å². The van der Waals surface area contributed by atoms with Crippen molar-refractivity contribution in [2.24, 2.45) is 0 Å². The molecule has 1 atom stereocenters. The molecule has 4 heteroatoms. The van der Waals surface area contributed by atoms with Gasteiger partial charge < -0.3 is 5.32 Å². The molecule has 2 heterocycles. The molecule has 1 saturated heterocycles. The lowest BCUT2D eigenvalue weighted by Crippen LogP contribution is -2.64. The Morgan fingerprint density at radius 1 is 1.38 bits per heavy atom. The van der Waals surface area contributed by atoms with Crippen LogP contribution < -0.4 is 5.32 Å². The van der Waals surface area contributed by atoms with Crippen molar-refractivity contribution in [2.75, 3.05) is 13.1 Å². The lowest BCUT2D eigenvalue weighted by atomic mass is 9.79. The first-order valence-electron chi connectivity index (χ1n) is 8.43. The summed E-state index contributed by atoms with van der Waals surface area (Å²) in [5.41, 5.74) is 0.409. The molecule has 1 aromatic rings. The maximum absolute atomic E-state index is 3.94. The van der Waals surface area contributed by atoms with Crippen molar-refractivity contribution in [3.63, 3.8) is 0 Å².